The molecule has 0 radical (unpaired) electrons. The minimum absolute atomic E-state index is 0.273. The molecule has 0 spiro atoms. The molecule has 0 aliphatic rings. The molecule has 0 unspecified atom stereocenters. The molecule has 0 aliphatic carbocycles. The quantitative estimate of drug-likeness (QED) is 0.0324. The summed E-state index contributed by atoms with van der Waals surface area (Å²) in [6, 6.07) is 50.3. The number of benzene rings is 6. The van der Waals surface area contributed by atoms with Crippen LogP contribution >= 0.6 is 0 Å². The van der Waals surface area contributed by atoms with Crippen LogP contribution in [0.15, 0.2) is 202 Å². The molecule has 0 saturated carbocycles. The van der Waals surface area contributed by atoms with E-state index >= 15 is 0 Å². The minimum Gasteiger partial charge on any atom is -0.462 e. The zero-order chi connectivity index (χ0) is 38.6. The average molecular weight is 725 g/mol. The molecule has 0 fully saturated rings. The smallest absolute Gasteiger partial charge is 0.335 e. The van der Waals surface area contributed by atoms with Crippen LogP contribution in [0.4, 0.5) is 34.1 Å². The van der Waals surface area contributed by atoms with Gasteiger partial charge >= 0.3 is 11.9 Å². The highest BCUT2D eigenvalue weighted by Crippen LogP contribution is 2.39. The van der Waals surface area contributed by atoms with Crippen molar-refractivity contribution in [3.05, 3.63) is 208 Å². The molecule has 0 bridgehead atoms. The second kappa shape index (κ2) is 17.9. The van der Waals surface area contributed by atoms with Crippen molar-refractivity contribution in [3.8, 4) is 22.6 Å². The average Bonchev–Trinajstić information content (AvgIpc) is 3.23. The number of hydrogen-bond donors (Lipinski definition) is 0. The van der Waals surface area contributed by atoms with Crippen molar-refractivity contribution in [3.63, 3.8) is 0 Å². The van der Waals surface area contributed by atoms with Crippen LogP contribution in [0.2, 0.25) is 0 Å². The van der Waals surface area contributed by atoms with E-state index in [9.17, 15) is 9.59 Å². The van der Waals surface area contributed by atoms with E-state index in [1.807, 2.05) is 66.7 Å². The van der Waals surface area contributed by atoms with Gasteiger partial charge in [-0.15, -0.1) is 0 Å². The fourth-order valence-corrected chi connectivity index (χ4v) is 5.92. The number of ether oxygens (including phenoxy) is 3. The van der Waals surface area contributed by atoms with Gasteiger partial charge in [0.2, 0.25) is 0 Å². The molecule has 0 aromatic heterocycles. The van der Waals surface area contributed by atoms with Gasteiger partial charge in [-0.25, -0.2) is 9.59 Å². The van der Waals surface area contributed by atoms with Gasteiger partial charge in [0.05, 0.1) is 6.61 Å². The van der Waals surface area contributed by atoms with Crippen LogP contribution in [-0.2, 0) is 20.7 Å². The number of allylic oxidation sites excluding steroid dienone is 1. The van der Waals surface area contributed by atoms with Gasteiger partial charge in [0, 0.05) is 52.7 Å². The van der Waals surface area contributed by atoms with Crippen LogP contribution in [0.25, 0.3) is 11.1 Å². The van der Waals surface area contributed by atoms with E-state index < -0.39 is 11.9 Å². The summed E-state index contributed by atoms with van der Waals surface area (Å²) in [5.74, 6) is 0.621. The number of carbonyl (C=O) groups excluding carboxylic acids is 2. The summed E-state index contributed by atoms with van der Waals surface area (Å²) in [7, 11) is 0. The maximum absolute atomic E-state index is 11.7. The molecule has 0 aliphatic heterocycles. The lowest BCUT2D eigenvalue weighted by atomic mass is 10.0. The maximum atomic E-state index is 11.7. The summed E-state index contributed by atoms with van der Waals surface area (Å²) in [6.45, 7) is 14.8. The van der Waals surface area contributed by atoms with Crippen LogP contribution in [0.3, 0.4) is 0 Å². The zero-order valence-electron chi connectivity index (χ0n) is 30.3. The normalized spacial score (nSPS) is 10.4. The lowest BCUT2D eigenvalue weighted by Crippen LogP contribution is -2.10. The van der Waals surface area contributed by atoms with E-state index in [2.05, 4.69) is 109 Å². The SMILES string of the molecule is C=CC(=C)Oc1ccc(N(c2ccc(CCOC(=O)C=C)cc2)c2cccc(-c3ccc(N(c4ccccc4)c4ccc(OC(=O)C=C)cc4)cc3)c2)cc1. The summed E-state index contributed by atoms with van der Waals surface area (Å²) < 4.78 is 16.3. The van der Waals surface area contributed by atoms with Gasteiger partial charge in [0.25, 0.3) is 0 Å². The number of rotatable bonds is 16. The topological polar surface area (TPSA) is 68.3 Å². The Morgan fingerprint density at radius 3 is 1.55 bits per heavy atom. The molecule has 7 nitrogen and oxygen atoms in total. The fourth-order valence-electron chi connectivity index (χ4n) is 5.92. The highest BCUT2D eigenvalue weighted by Gasteiger charge is 2.16. The predicted molar refractivity (Wildman–Crippen MR) is 222 cm³/mol. The molecule has 272 valence electrons. The van der Waals surface area contributed by atoms with Gasteiger partial charge in [0.1, 0.15) is 17.3 Å². The van der Waals surface area contributed by atoms with Crippen LogP contribution < -0.4 is 19.3 Å². The molecule has 6 rings (SSSR count). The molecule has 6 aromatic carbocycles. The van der Waals surface area contributed by atoms with E-state index in [-0.39, 0.29) is 6.61 Å². The van der Waals surface area contributed by atoms with Gasteiger partial charge in [-0.3, -0.25) is 0 Å². The van der Waals surface area contributed by atoms with Crippen molar-refractivity contribution < 1.29 is 23.8 Å². The van der Waals surface area contributed by atoms with Gasteiger partial charge < -0.3 is 24.0 Å². The third-order valence-electron chi connectivity index (χ3n) is 8.63. The third-order valence-corrected chi connectivity index (χ3v) is 8.63. The predicted octanol–water partition coefficient (Wildman–Crippen LogP) is 11.7. The van der Waals surface area contributed by atoms with Gasteiger partial charge in [-0.05, 0) is 120 Å². The highest BCUT2D eigenvalue weighted by atomic mass is 16.5. The van der Waals surface area contributed by atoms with Crippen LogP contribution in [0.5, 0.6) is 11.5 Å². The van der Waals surface area contributed by atoms with Crippen molar-refractivity contribution in [2.45, 2.75) is 6.42 Å². The van der Waals surface area contributed by atoms with Crippen LogP contribution in [0, 0.1) is 0 Å². The van der Waals surface area contributed by atoms with Gasteiger partial charge in [0.15, 0.2) is 0 Å². The largest absolute Gasteiger partial charge is 0.462 e. The van der Waals surface area contributed by atoms with Gasteiger partial charge in [-0.2, -0.15) is 0 Å². The molecule has 7 heteroatoms. The molecule has 0 saturated heterocycles. The van der Waals surface area contributed by atoms with E-state index in [0.717, 1.165) is 56.9 Å². The Morgan fingerprint density at radius 2 is 0.982 bits per heavy atom. The molecule has 55 heavy (non-hydrogen) atoms. The molecular formula is C48H40N2O5. The fraction of sp³-hybridized carbons (Fsp3) is 0.0417. The second-order valence-corrected chi connectivity index (χ2v) is 12.3. The van der Waals surface area contributed by atoms with Crippen molar-refractivity contribution in [2.24, 2.45) is 0 Å². The molecular weight excluding hydrogens is 685 g/mol. The molecule has 6 aromatic rings. The van der Waals surface area contributed by atoms with Crippen LogP contribution in [0.1, 0.15) is 5.56 Å². The third kappa shape index (κ3) is 9.54. The lowest BCUT2D eigenvalue weighted by molar-refractivity contribution is -0.137. The van der Waals surface area contributed by atoms with E-state index in [4.69, 9.17) is 14.2 Å². The van der Waals surface area contributed by atoms with E-state index in [0.29, 0.717) is 23.7 Å². The number of esters is 2. The summed E-state index contributed by atoms with van der Waals surface area (Å²) in [6.07, 6.45) is 4.46. The first-order chi connectivity index (χ1) is 26.8. The van der Waals surface area contributed by atoms with Crippen LogP contribution in [-0.4, -0.2) is 18.5 Å². The molecule has 0 atom stereocenters. The first kappa shape index (κ1) is 37.4. The first-order valence-corrected chi connectivity index (χ1v) is 17.6. The number of anilines is 6. The molecule has 0 N–H and O–H groups in total. The molecule has 0 heterocycles. The Balaban J connectivity index is 1.31. The molecule has 0 amide bonds. The van der Waals surface area contributed by atoms with E-state index in [1.54, 1.807) is 18.2 Å². The summed E-state index contributed by atoms with van der Waals surface area (Å²) >= 11 is 0. The highest BCUT2D eigenvalue weighted by molar-refractivity contribution is 5.84. The summed E-state index contributed by atoms with van der Waals surface area (Å²) in [4.78, 5) is 27.6. The van der Waals surface area contributed by atoms with Gasteiger partial charge in [-0.1, -0.05) is 80.9 Å². The Kier molecular flexibility index (Phi) is 12.2. The number of hydrogen-bond acceptors (Lipinski definition) is 7. The summed E-state index contributed by atoms with van der Waals surface area (Å²) in [5.41, 5.74) is 8.82. The van der Waals surface area contributed by atoms with Crippen molar-refractivity contribution >= 4 is 46.1 Å². The Morgan fingerprint density at radius 1 is 0.491 bits per heavy atom. The first-order valence-electron chi connectivity index (χ1n) is 17.6. The number of para-hydroxylation sites is 1. The Hall–Kier alpha value is -7.38. The maximum Gasteiger partial charge on any atom is 0.335 e. The lowest BCUT2D eigenvalue weighted by Gasteiger charge is -2.27. The Labute approximate surface area is 322 Å². The standard InChI is InChI=1S/C48H40N2O5/c1-5-35(4)54-45-28-24-43(25-29-45)50(40-20-16-36(17-21-40)32-33-53-47(51)6-2)44-15-11-12-38(34-44)37-18-22-41(23-19-37)49(39-13-9-8-10-14-39)42-26-30-46(31-27-42)55-48(52)7-3/h5-31,34H,1-4,32-33H2. The summed E-state index contributed by atoms with van der Waals surface area (Å²) in [5, 5.41) is 0. The number of carbonyl (C=O) groups is 2. The zero-order valence-corrected chi connectivity index (χ0v) is 30.3. The number of nitrogens with zero attached hydrogens (tertiary/aromatic N) is 2. The van der Waals surface area contributed by atoms with Crippen molar-refractivity contribution in [2.75, 3.05) is 16.4 Å². The minimum atomic E-state index is -0.507. The second-order valence-electron chi connectivity index (χ2n) is 12.3. The van der Waals surface area contributed by atoms with Crippen molar-refractivity contribution in [1.82, 2.24) is 0 Å². The monoisotopic (exact) mass is 724 g/mol. The Bertz CT molecular complexity index is 2280. The van der Waals surface area contributed by atoms with E-state index in [1.165, 1.54) is 6.08 Å². The van der Waals surface area contributed by atoms with Crippen molar-refractivity contribution in [1.29, 1.82) is 0 Å².